The standard InChI is InChI=1S/C13H16Cl2N2O/c1-13(2)8-17(7-6-16-13)12(18)11-9(14)4-3-5-10(11)15/h3-5,16H,6-8H2,1-2H3. The third kappa shape index (κ3) is 2.79. The summed E-state index contributed by atoms with van der Waals surface area (Å²) < 4.78 is 0. The Morgan fingerprint density at radius 2 is 1.94 bits per heavy atom. The van der Waals surface area contributed by atoms with Gasteiger partial charge in [0, 0.05) is 25.2 Å². The van der Waals surface area contributed by atoms with Gasteiger partial charge in [-0.15, -0.1) is 0 Å². The first-order chi connectivity index (χ1) is 8.41. The van der Waals surface area contributed by atoms with Gasteiger partial charge in [-0.2, -0.15) is 0 Å². The molecule has 0 bridgehead atoms. The van der Waals surface area contributed by atoms with Gasteiger partial charge < -0.3 is 10.2 Å². The van der Waals surface area contributed by atoms with Crippen LogP contribution in [0.25, 0.3) is 0 Å². The number of benzene rings is 1. The molecule has 1 aromatic rings. The third-order valence-electron chi connectivity index (χ3n) is 3.04. The van der Waals surface area contributed by atoms with Crippen LogP contribution in [0.5, 0.6) is 0 Å². The maximum Gasteiger partial charge on any atom is 0.256 e. The monoisotopic (exact) mass is 286 g/mol. The van der Waals surface area contributed by atoms with Gasteiger partial charge in [-0.25, -0.2) is 0 Å². The minimum Gasteiger partial charge on any atom is -0.335 e. The van der Waals surface area contributed by atoms with Crippen molar-refractivity contribution in [1.82, 2.24) is 10.2 Å². The molecule has 0 radical (unpaired) electrons. The molecule has 1 amide bonds. The topological polar surface area (TPSA) is 32.3 Å². The first-order valence-corrected chi connectivity index (χ1v) is 6.65. The van der Waals surface area contributed by atoms with Gasteiger partial charge >= 0.3 is 0 Å². The van der Waals surface area contributed by atoms with E-state index in [1.165, 1.54) is 0 Å². The normalized spacial score (nSPS) is 18.8. The van der Waals surface area contributed by atoms with Crippen LogP contribution in [-0.2, 0) is 0 Å². The summed E-state index contributed by atoms with van der Waals surface area (Å²) in [7, 11) is 0. The average Bonchev–Trinajstić information content (AvgIpc) is 2.27. The zero-order valence-electron chi connectivity index (χ0n) is 10.5. The second kappa shape index (κ2) is 5.08. The van der Waals surface area contributed by atoms with Crippen LogP contribution in [-0.4, -0.2) is 36.0 Å². The van der Waals surface area contributed by atoms with Crippen LogP contribution in [0.1, 0.15) is 24.2 Å². The van der Waals surface area contributed by atoms with Crippen molar-refractivity contribution in [3.63, 3.8) is 0 Å². The Hall–Kier alpha value is -0.770. The number of nitrogens with zero attached hydrogens (tertiary/aromatic N) is 1. The van der Waals surface area contributed by atoms with Crippen LogP contribution in [0.3, 0.4) is 0 Å². The molecular weight excluding hydrogens is 271 g/mol. The molecule has 0 atom stereocenters. The highest BCUT2D eigenvalue weighted by Crippen LogP contribution is 2.26. The molecule has 0 unspecified atom stereocenters. The molecule has 18 heavy (non-hydrogen) atoms. The summed E-state index contributed by atoms with van der Waals surface area (Å²) in [5.41, 5.74) is 0.320. The van der Waals surface area contributed by atoms with Crippen LogP contribution in [0.2, 0.25) is 10.0 Å². The molecule has 1 saturated heterocycles. The first kappa shape index (κ1) is 13.7. The Morgan fingerprint density at radius 3 is 2.50 bits per heavy atom. The van der Waals surface area contributed by atoms with E-state index in [4.69, 9.17) is 23.2 Å². The summed E-state index contributed by atoms with van der Waals surface area (Å²) in [5, 5.41) is 4.18. The van der Waals surface area contributed by atoms with Gasteiger partial charge in [-0.05, 0) is 26.0 Å². The molecule has 2 rings (SSSR count). The Balaban J connectivity index is 2.26. The second-order valence-electron chi connectivity index (χ2n) is 5.13. The van der Waals surface area contributed by atoms with Crippen molar-refractivity contribution in [3.8, 4) is 0 Å². The van der Waals surface area contributed by atoms with E-state index in [-0.39, 0.29) is 11.4 Å². The number of amides is 1. The van der Waals surface area contributed by atoms with Gasteiger partial charge in [-0.1, -0.05) is 29.3 Å². The molecule has 5 heteroatoms. The zero-order chi connectivity index (χ0) is 13.3. The first-order valence-electron chi connectivity index (χ1n) is 5.89. The van der Waals surface area contributed by atoms with E-state index in [9.17, 15) is 4.79 Å². The van der Waals surface area contributed by atoms with E-state index in [1.54, 1.807) is 23.1 Å². The van der Waals surface area contributed by atoms with E-state index >= 15 is 0 Å². The quantitative estimate of drug-likeness (QED) is 0.861. The number of piperazine rings is 1. The molecule has 1 aliphatic heterocycles. The SMILES string of the molecule is CC1(C)CN(C(=O)c2c(Cl)cccc2Cl)CCN1. The Kier molecular flexibility index (Phi) is 3.85. The van der Waals surface area contributed by atoms with Crippen LogP contribution in [0.4, 0.5) is 0 Å². The molecule has 98 valence electrons. The largest absolute Gasteiger partial charge is 0.335 e. The van der Waals surface area contributed by atoms with Crippen LogP contribution < -0.4 is 5.32 Å². The number of hydrogen-bond acceptors (Lipinski definition) is 2. The van der Waals surface area contributed by atoms with E-state index in [0.717, 1.165) is 6.54 Å². The lowest BCUT2D eigenvalue weighted by Gasteiger charge is -2.39. The summed E-state index contributed by atoms with van der Waals surface area (Å²) in [4.78, 5) is 14.3. The van der Waals surface area contributed by atoms with Crippen molar-refractivity contribution in [2.75, 3.05) is 19.6 Å². The predicted molar refractivity (Wildman–Crippen MR) is 74.4 cm³/mol. The Bertz CT molecular complexity index is 454. The lowest BCUT2D eigenvalue weighted by atomic mass is 10.0. The molecule has 0 aromatic heterocycles. The van der Waals surface area contributed by atoms with E-state index in [2.05, 4.69) is 19.2 Å². The maximum atomic E-state index is 12.5. The minimum atomic E-state index is -0.0971. The number of carbonyl (C=O) groups is 1. The fraction of sp³-hybridized carbons (Fsp3) is 0.462. The molecule has 1 aliphatic rings. The number of halogens is 2. The molecule has 0 aliphatic carbocycles. The number of carbonyl (C=O) groups excluding carboxylic acids is 1. The lowest BCUT2D eigenvalue weighted by molar-refractivity contribution is 0.0652. The lowest BCUT2D eigenvalue weighted by Crippen LogP contribution is -2.58. The van der Waals surface area contributed by atoms with E-state index in [1.807, 2.05) is 0 Å². The van der Waals surface area contributed by atoms with Crippen molar-refractivity contribution in [1.29, 1.82) is 0 Å². The summed E-state index contributed by atoms with van der Waals surface area (Å²) in [6.07, 6.45) is 0. The van der Waals surface area contributed by atoms with Crippen molar-refractivity contribution < 1.29 is 4.79 Å². The molecular formula is C13H16Cl2N2O. The summed E-state index contributed by atoms with van der Waals surface area (Å²) in [6.45, 7) is 6.24. The van der Waals surface area contributed by atoms with Gasteiger partial charge in [-0.3, -0.25) is 4.79 Å². The molecule has 0 spiro atoms. The van der Waals surface area contributed by atoms with Crippen molar-refractivity contribution in [2.45, 2.75) is 19.4 Å². The van der Waals surface area contributed by atoms with Crippen molar-refractivity contribution in [3.05, 3.63) is 33.8 Å². The predicted octanol–water partition coefficient (Wildman–Crippen LogP) is 2.82. The fourth-order valence-electron chi connectivity index (χ4n) is 2.17. The highest BCUT2D eigenvalue weighted by Gasteiger charge is 2.30. The molecule has 1 heterocycles. The average molecular weight is 287 g/mol. The molecule has 3 nitrogen and oxygen atoms in total. The summed E-state index contributed by atoms with van der Waals surface area (Å²) in [5.74, 6) is -0.0971. The molecule has 0 saturated carbocycles. The summed E-state index contributed by atoms with van der Waals surface area (Å²) in [6, 6.07) is 5.12. The van der Waals surface area contributed by atoms with Crippen LogP contribution in [0, 0.1) is 0 Å². The van der Waals surface area contributed by atoms with Gasteiger partial charge in [0.1, 0.15) is 0 Å². The van der Waals surface area contributed by atoms with Crippen molar-refractivity contribution >= 4 is 29.1 Å². The Morgan fingerprint density at radius 1 is 1.33 bits per heavy atom. The van der Waals surface area contributed by atoms with E-state index in [0.29, 0.717) is 28.7 Å². The van der Waals surface area contributed by atoms with Gasteiger partial charge in [0.25, 0.3) is 5.91 Å². The van der Waals surface area contributed by atoms with Gasteiger partial charge in [0.2, 0.25) is 0 Å². The maximum absolute atomic E-state index is 12.5. The number of hydrogen-bond donors (Lipinski definition) is 1. The van der Waals surface area contributed by atoms with E-state index < -0.39 is 0 Å². The number of rotatable bonds is 1. The Labute approximate surface area is 117 Å². The minimum absolute atomic E-state index is 0.0817. The zero-order valence-corrected chi connectivity index (χ0v) is 12.0. The summed E-state index contributed by atoms with van der Waals surface area (Å²) >= 11 is 12.1. The molecule has 1 N–H and O–H groups in total. The van der Waals surface area contributed by atoms with Gasteiger partial charge in [0.05, 0.1) is 15.6 Å². The molecule has 1 fully saturated rings. The van der Waals surface area contributed by atoms with Crippen LogP contribution >= 0.6 is 23.2 Å². The van der Waals surface area contributed by atoms with Gasteiger partial charge in [0.15, 0.2) is 0 Å². The fourth-order valence-corrected chi connectivity index (χ4v) is 2.73. The smallest absolute Gasteiger partial charge is 0.256 e. The third-order valence-corrected chi connectivity index (χ3v) is 3.67. The highest BCUT2D eigenvalue weighted by atomic mass is 35.5. The van der Waals surface area contributed by atoms with Crippen molar-refractivity contribution in [2.24, 2.45) is 0 Å². The second-order valence-corrected chi connectivity index (χ2v) is 5.95. The highest BCUT2D eigenvalue weighted by molar-refractivity contribution is 6.39. The van der Waals surface area contributed by atoms with Crippen LogP contribution in [0.15, 0.2) is 18.2 Å². The molecule has 1 aromatic carbocycles. The number of nitrogens with one attached hydrogen (secondary N) is 1.